The summed E-state index contributed by atoms with van der Waals surface area (Å²) in [7, 11) is 0. The topological polar surface area (TPSA) is 37.8 Å². The normalized spacial score (nSPS) is 16.4. The molecule has 1 aromatic heterocycles. The summed E-state index contributed by atoms with van der Waals surface area (Å²) in [5.41, 5.74) is 1.03. The van der Waals surface area contributed by atoms with Gasteiger partial charge in [0.1, 0.15) is 11.6 Å². The van der Waals surface area contributed by atoms with Gasteiger partial charge in [-0.1, -0.05) is 26.2 Å². The summed E-state index contributed by atoms with van der Waals surface area (Å²) in [6, 6.07) is 0. The van der Waals surface area contributed by atoms with Crippen LogP contribution in [0.25, 0.3) is 0 Å². The van der Waals surface area contributed by atoms with Gasteiger partial charge in [-0.15, -0.1) is 0 Å². The van der Waals surface area contributed by atoms with Gasteiger partial charge in [-0.2, -0.15) is 11.8 Å². The Morgan fingerprint density at radius 1 is 1.25 bits per heavy atom. The number of hydrogen-bond acceptors (Lipinski definition) is 4. The van der Waals surface area contributed by atoms with Crippen molar-refractivity contribution in [2.24, 2.45) is 0 Å². The van der Waals surface area contributed by atoms with Gasteiger partial charge < -0.3 is 5.32 Å². The average molecular weight is 358 g/mol. The Bertz CT molecular complexity index is 433. The van der Waals surface area contributed by atoms with Gasteiger partial charge in [0.15, 0.2) is 0 Å². The first-order chi connectivity index (χ1) is 9.70. The van der Waals surface area contributed by atoms with E-state index in [1.54, 1.807) is 0 Å². The molecule has 0 atom stereocenters. The molecule has 1 aliphatic rings. The molecule has 0 bridgehead atoms. The molecule has 1 aliphatic carbocycles. The van der Waals surface area contributed by atoms with Gasteiger partial charge >= 0.3 is 0 Å². The molecule has 0 radical (unpaired) electrons. The highest BCUT2D eigenvalue weighted by Crippen LogP contribution is 2.31. The summed E-state index contributed by atoms with van der Waals surface area (Å²) in [5, 5.41) is 4.18. The smallest absolute Gasteiger partial charge is 0.144 e. The van der Waals surface area contributed by atoms with Gasteiger partial charge in [0, 0.05) is 11.8 Å². The molecule has 0 aliphatic heterocycles. The number of thioether (sulfide) groups is 1. The maximum absolute atomic E-state index is 4.67. The molecule has 1 N–H and O–H groups in total. The zero-order valence-electron chi connectivity index (χ0n) is 12.4. The molecule has 112 valence electrons. The second kappa shape index (κ2) is 8.23. The zero-order chi connectivity index (χ0) is 14.4. The molecule has 0 amide bonds. The summed E-state index contributed by atoms with van der Waals surface area (Å²) in [6.07, 6.45) is 8.02. The van der Waals surface area contributed by atoms with E-state index in [-0.39, 0.29) is 0 Å². The molecular weight excluding hydrogens is 334 g/mol. The Morgan fingerprint density at radius 2 is 2.00 bits per heavy atom. The van der Waals surface area contributed by atoms with Crippen LogP contribution >= 0.6 is 27.7 Å². The van der Waals surface area contributed by atoms with Gasteiger partial charge in [0.25, 0.3) is 0 Å². The third kappa shape index (κ3) is 4.62. The van der Waals surface area contributed by atoms with E-state index in [1.165, 1.54) is 32.1 Å². The van der Waals surface area contributed by atoms with Crippen LogP contribution in [0.4, 0.5) is 5.82 Å². The molecule has 0 spiro atoms. The van der Waals surface area contributed by atoms with Crippen molar-refractivity contribution in [3.05, 3.63) is 16.0 Å². The van der Waals surface area contributed by atoms with Crippen molar-refractivity contribution < 1.29 is 0 Å². The molecule has 3 nitrogen and oxygen atoms in total. The lowest BCUT2D eigenvalue weighted by Gasteiger charge is -2.20. The largest absolute Gasteiger partial charge is 0.369 e. The molecule has 5 heteroatoms. The van der Waals surface area contributed by atoms with Gasteiger partial charge in [-0.05, 0) is 42.1 Å². The fourth-order valence-corrected chi connectivity index (χ4v) is 3.96. The zero-order valence-corrected chi connectivity index (χ0v) is 14.8. The standard InChI is InChI=1S/C15H24BrN3S/c1-3-9-17-15-14(16)11(2)18-13(19-15)10-20-12-7-5-4-6-8-12/h12H,3-10H2,1-2H3,(H,17,18,19). The van der Waals surface area contributed by atoms with Crippen molar-refractivity contribution in [2.45, 2.75) is 63.4 Å². The molecule has 1 saturated carbocycles. The monoisotopic (exact) mass is 357 g/mol. The number of anilines is 1. The first kappa shape index (κ1) is 16.1. The Morgan fingerprint density at radius 3 is 2.70 bits per heavy atom. The molecule has 20 heavy (non-hydrogen) atoms. The average Bonchev–Trinajstić information content (AvgIpc) is 2.48. The van der Waals surface area contributed by atoms with E-state index < -0.39 is 0 Å². The second-order valence-corrected chi connectivity index (χ2v) is 7.47. The number of nitrogens with one attached hydrogen (secondary N) is 1. The summed E-state index contributed by atoms with van der Waals surface area (Å²) < 4.78 is 0.998. The predicted molar refractivity (Wildman–Crippen MR) is 91.4 cm³/mol. The van der Waals surface area contributed by atoms with Crippen molar-refractivity contribution >= 4 is 33.5 Å². The van der Waals surface area contributed by atoms with Crippen LogP contribution in [0, 0.1) is 6.92 Å². The fraction of sp³-hybridized carbons (Fsp3) is 0.733. The Labute approximate surface area is 134 Å². The molecule has 0 aromatic carbocycles. The highest BCUT2D eigenvalue weighted by molar-refractivity contribution is 9.10. The van der Waals surface area contributed by atoms with Crippen LogP contribution in [0.3, 0.4) is 0 Å². The van der Waals surface area contributed by atoms with E-state index in [0.717, 1.165) is 45.8 Å². The van der Waals surface area contributed by atoms with Crippen LogP contribution in [0.1, 0.15) is 57.0 Å². The van der Waals surface area contributed by atoms with E-state index in [2.05, 4.69) is 38.1 Å². The van der Waals surface area contributed by atoms with Gasteiger partial charge in [0.05, 0.1) is 15.9 Å². The maximum atomic E-state index is 4.67. The van der Waals surface area contributed by atoms with E-state index in [1.807, 2.05) is 18.7 Å². The minimum Gasteiger partial charge on any atom is -0.369 e. The highest BCUT2D eigenvalue weighted by atomic mass is 79.9. The third-order valence-electron chi connectivity index (χ3n) is 3.61. The number of aryl methyl sites for hydroxylation is 1. The second-order valence-electron chi connectivity index (χ2n) is 5.39. The quantitative estimate of drug-likeness (QED) is 0.782. The number of nitrogens with zero attached hydrogens (tertiary/aromatic N) is 2. The third-order valence-corrected chi connectivity index (χ3v) is 5.92. The van der Waals surface area contributed by atoms with Crippen molar-refractivity contribution in [3.63, 3.8) is 0 Å². The molecule has 0 unspecified atom stereocenters. The number of aromatic nitrogens is 2. The fourth-order valence-electron chi connectivity index (χ4n) is 2.47. The van der Waals surface area contributed by atoms with E-state index in [9.17, 15) is 0 Å². The minimum atomic E-state index is 0.809. The molecule has 1 heterocycles. The van der Waals surface area contributed by atoms with Crippen molar-refractivity contribution in [3.8, 4) is 0 Å². The molecule has 1 aromatic rings. The molecule has 2 rings (SSSR count). The Hall–Kier alpha value is -0.290. The SMILES string of the molecule is CCCNc1nc(CSC2CCCCC2)nc(C)c1Br. The van der Waals surface area contributed by atoms with Crippen LogP contribution in [0.15, 0.2) is 4.47 Å². The van der Waals surface area contributed by atoms with Crippen LogP contribution in [-0.4, -0.2) is 21.8 Å². The molecular formula is C15H24BrN3S. The van der Waals surface area contributed by atoms with Crippen LogP contribution in [0.2, 0.25) is 0 Å². The van der Waals surface area contributed by atoms with Gasteiger partial charge in [0.2, 0.25) is 0 Å². The highest BCUT2D eigenvalue weighted by Gasteiger charge is 2.15. The van der Waals surface area contributed by atoms with Gasteiger partial charge in [-0.3, -0.25) is 0 Å². The summed E-state index contributed by atoms with van der Waals surface area (Å²) >= 11 is 5.61. The number of halogens is 1. The first-order valence-electron chi connectivity index (χ1n) is 7.59. The molecule has 1 fully saturated rings. The minimum absolute atomic E-state index is 0.809. The number of rotatable bonds is 6. The van der Waals surface area contributed by atoms with E-state index in [4.69, 9.17) is 0 Å². The Balaban J connectivity index is 1.97. The number of hydrogen-bond donors (Lipinski definition) is 1. The van der Waals surface area contributed by atoms with Crippen molar-refractivity contribution in [1.29, 1.82) is 0 Å². The summed E-state index contributed by atoms with van der Waals surface area (Å²) in [6.45, 7) is 5.15. The van der Waals surface area contributed by atoms with Crippen LogP contribution in [-0.2, 0) is 5.75 Å². The lowest BCUT2D eigenvalue weighted by Crippen LogP contribution is -2.10. The van der Waals surface area contributed by atoms with Crippen molar-refractivity contribution in [1.82, 2.24) is 9.97 Å². The lowest BCUT2D eigenvalue weighted by atomic mass is 10.0. The van der Waals surface area contributed by atoms with Gasteiger partial charge in [-0.25, -0.2) is 9.97 Å². The van der Waals surface area contributed by atoms with Crippen molar-refractivity contribution in [2.75, 3.05) is 11.9 Å². The Kier molecular flexibility index (Phi) is 6.62. The molecule has 0 saturated heterocycles. The maximum Gasteiger partial charge on any atom is 0.144 e. The summed E-state index contributed by atoms with van der Waals surface area (Å²) in [4.78, 5) is 9.27. The predicted octanol–water partition coefficient (Wildman–Crippen LogP) is 4.94. The summed E-state index contributed by atoms with van der Waals surface area (Å²) in [5.74, 6) is 2.83. The van der Waals surface area contributed by atoms with Crippen LogP contribution in [0.5, 0.6) is 0 Å². The van der Waals surface area contributed by atoms with Crippen LogP contribution < -0.4 is 5.32 Å². The van der Waals surface area contributed by atoms with E-state index in [0.29, 0.717) is 0 Å². The first-order valence-corrected chi connectivity index (χ1v) is 9.43. The van der Waals surface area contributed by atoms with E-state index >= 15 is 0 Å². The lowest BCUT2D eigenvalue weighted by molar-refractivity contribution is 0.516.